The molecule has 0 bridgehead atoms. The van der Waals surface area contributed by atoms with Gasteiger partial charge in [0.15, 0.2) is 0 Å². The van der Waals surface area contributed by atoms with Gasteiger partial charge < -0.3 is 25.0 Å². The molecular weight excluding hydrogens is 789 g/mol. The van der Waals surface area contributed by atoms with Gasteiger partial charge in [-0.15, -0.1) is 0 Å². The number of nitrogens with zero attached hydrogens (tertiary/aromatic N) is 1. The zero-order chi connectivity index (χ0) is 45.1. The van der Waals surface area contributed by atoms with E-state index in [1.807, 2.05) is 30.3 Å². The van der Waals surface area contributed by atoms with E-state index in [0.717, 1.165) is 118 Å². The number of carbonyl (C=O) groups is 3. The van der Waals surface area contributed by atoms with Crippen molar-refractivity contribution in [3.05, 3.63) is 83.9 Å². The number of carbonyl (C=O) groups excluding carboxylic acids is 1. The van der Waals surface area contributed by atoms with Crippen LogP contribution in [0.25, 0.3) is 21.5 Å². The second-order valence-corrected chi connectivity index (χ2v) is 20.8. The third kappa shape index (κ3) is 14.0. The molecule has 2 heterocycles. The van der Waals surface area contributed by atoms with Crippen molar-refractivity contribution in [2.45, 2.75) is 162 Å². The Labute approximate surface area is 376 Å². The number of carboxylic acid groups (broad SMARTS) is 2. The Bertz CT molecular complexity index is 2110. The van der Waals surface area contributed by atoms with Gasteiger partial charge in [0.25, 0.3) is 0 Å². The molecule has 63 heavy (non-hydrogen) atoms. The average molecular weight is 863 g/mol. The number of rotatable bonds is 9. The smallest absolute Gasteiger partial charge is 0.320 e. The highest BCUT2D eigenvalue weighted by Gasteiger charge is 2.32. The maximum atomic E-state index is 11.6. The van der Waals surface area contributed by atoms with Crippen LogP contribution in [0.1, 0.15) is 147 Å². The van der Waals surface area contributed by atoms with Crippen LogP contribution in [0.3, 0.4) is 0 Å². The first-order valence-electron chi connectivity index (χ1n) is 23.8. The molecule has 4 aliphatic rings. The zero-order valence-corrected chi connectivity index (χ0v) is 38.9. The Morgan fingerprint density at radius 1 is 0.619 bits per heavy atom. The van der Waals surface area contributed by atoms with E-state index in [4.69, 9.17) is 14.6 Å². The van der Waals surface area contributed by atoms with Gasteiger partial charge in [0.1, 0.15) is 29.9 Å². The van der Waals surface area contributed by atoms with Gasteiger partial charge in [-0.2, -0.15) is 0 Å². The van der Waals surface area contributed by atoms with Gasteiger partial charge in [0.05, 0.1) is 12.2 Å². The maximum absolute atomic E-state index is 11.6. The summed E-state index contributed by atoms with van der Waals surface area (Å²) in [6.45, 7) is 16.5. The molecular formula is C54H74N2O7. The molecule has 2 aliphatic carbocycles. The van der Waals surface area contributed by atoms with Crippen molar-refractivity contribution in [2.24, 2.45) is 22.7 Å². The number of aliphatic carboxylic acids is 2. The van der Waals surface area contributed by atoms with Crippen LogP contribution < -0.4 is 14.8 Å². The van der Waals surface area contributed by atoms with Crippen molar-refractivity contribution >= 4 is 39.8 Å². The van der Waals surface area contributed by atoms with Crippen LogP contribution in [0, 0.1) is 22.7 Å². The predicted octanol–water partition coefficient (Wildman–Crippen LogP) is 12.1. The second-order valence-electron chi connectivity index (χ2n) is 20.8. The normalized spacial score (nSPS) is 24.5. The van der Waals surface area contributed by atoms with Gasteiger partial charge in [-0.1, -0.05) is 90.8 Å². The zero-order valence-electron chi connectivity index (χ0n) is 38.9. The molecule has 2 unspecified atom stereocenters. The van der Waals surface area contributed by atoms with E-state index in [-0.39, 0.29) is 12.1 Å². The number of ether oxygens (including phenoxy) is 2. The van der Waals surface area contributed by atoms with Gasteiger partial charge in [0.2, 0.25) is 0 Å². The molecule has 9 nitrogen and oxygen atoms in total. The molecule has 9 heteroatoms. The van der Waals surface area contributed by atoms with Crippen LogP contribution in [0.5, 0.6) is 11.5 Å². The number of nitrogens with one attached hydrogen (secondary N) is 1. The van der Waals surface area contributed by atoms with Gasteiger partial charge in [0, 0.05) is 12.1 Å². The number of hydrogen-bond acceptors (Lipinski definition) is 7. The molecule has 3 N–H and O–H groups in total. The summed E-state index contributed by atoms with van der Waals surface area (Å²) in [5.74, 6) is 2.09. The van der Waals surface area contributed by atoms with Crippen LogP contribution >= 0.6 is 0 Å². The molecule has 0 aromatic heterocycles. The van der Waals surface area contributed by atoms with E-state index in [0.29, 0.717) is 35.1 Å². The van der Waals surface area contributed by atoms with Crippen molar-refractivity contribution in [3.63, 3.8) is 0 Å². The number of hydrogen-bond donors (Lipinski definition) is 3. The lowest BCUT2D eigenvalue weighted by atomic mass is 9.72. The summed E-state index contributed by atoms with van der Waals surface area (Å²) in [5, 5.41) is 25.5. The fourth-order valence-corrected chi connectivity index (χ4v) is 10.1. The van der Waals surface area contributed by atoms with Crippen molar-refractivity contribution < 1.29 is 34.1 Å². The quantitative estimate of drug-likeness (QED) is 0.141. The Balaban J connectivity index is 0.000000180. The minimum Gasteiger partial charge on any atom is -0.490 e. The summed E-state index contributed by atoms with van der Waals surface area (Å²) >= 11 is 0. The maximum Gasteiger partial charge on any atom is 0.320 e. The first-order valence-corrected chi connectivity index (χ1v) is 23.8. The van der Waals surface area contributed by atoms with Crippen molar-refractivity contribution in [1.82, 2.24) is 10.2 Å². The SMILES string of the molecule is CC(C)(C)C1CCC(Oc2ccc3cc(C=O)ccc3c2)CC1.CC(C)(C)C1CCC(Oc2ccc3cc(CN4CCCCC4C(=O)O)ccc3c2)CC1.O=C(O)C1CCCCN1. The van der Waals surface area contributed by atoms with E-state index in [9.17, 15) is 19.5 Å². The van der Waals surface area contributed by atoms with E-state index in [2.05, 4.69) is 94.2 Å². The molecule has 2 saturated heterocycles. The minimum atomic E-state index is -0.713. The summed E-state index contributed by atoms with van der Waals surface area (Å²) in [6.07, 6.45) is 16.9. The summed E-state index contributed by atoms with van der Waals surface area (Å²) in [5.41, 5.74) is 2.69. The molecule has 2 atom stereocenters. The van der Waals surface area contributed by atoms with Crippen LogP contribution in [-0.2, 0) is 16.1 Å². The van der Waals surface area contributed by atoms with Gasteiger partial charge >= 0.3 is 11.9 Å². The van der Waals surface area contributed by atoms with E-state index < -0.39 is 11.9 Å². The lowest BCUT2D eigenvalue weighted by molar-refractivity contribution is -0.145. The highest BCUT2D eigenvalue weighted by Crippen LogP contribution is 2.40. The Morgan fingerprint density at radius 3 is 1.60 bits per heavy atom. The predicted molar refractivity (Wildman–Crippen MR) is 254 cm³/mol. The lowest BCUT2D eigenvalue weighted by Gasteiger charge is -2.37. The number of fused-ring (bicyclic) bond motifs is 2. The number of piperidine rings is 2. The van der Waals surface area contributed by atoms with Gasteiger partial charge in [-0.05, 0) is 176 Å². The van der Waals surface area contributed by atoms with Crippen molar-refractivity contribution in [3.8, 4) is 11.5 Å². The number of carboxylic acids is 2. The molecule has 342 valence electrons. The second kappa shape index (κ2) is 21.9. The molecule has 4 aromatic carbocycles. The Kier molecular flexibility index (Phi) is 16.7. The standard InChI is InChI=1S/C27H37NO3.C21H26O2.C6H11NO2/c1-27(2,3)22-10-13-23(14-11-22)31-24-12-9-20-16-19(7-8-21(20)17-24)18-28-15-5-4-6-25(28)26(29)30;1-21(2,3)18-7-10-19(11-8-18)23-20-9-6-16-12-15(14-22)4-5-17(16)13-20;8-6(9)5-3-1-2-4-7-5/h7-9,12,16-17,22-23,25H,4-6,10-11,13-15,18H2,1-3H3,(H,29,30);4-6,9,12-14,18-19H,7-8,10-11H2,1-3H3;5,7H,1-4H2,(H,8,9). The lowest BCUT2D eigenvalue weighted by Crippen LogP contribution is -2.43. The van der Waals surface area contributed by atoms with E-state index >= 15 is 0 Å². The number of benzene rings is 4. The highest BCUT2D eigenvalue weighted by molar-refractivity contribution is 5.89. The van der Waals surface area contributed by atoms with Crippen LogP contribution in [0.4, 0.5) is 0 Å². The molecule has 0 radical (unpaired) electrons. The summed E-state index contributed by atoms with van der Waals surface area (Å²) in [4.78, 5) is 34.8. The minimum absolute atomic E-state index is 0.279. The molecule has 0 amide bonds. The highest BCUT2D eigenvalue weighted by atomic mass is 16.5. The number of likely N-dealkylation sites (tertiary alicyclic amines) is 1. The third-order valence-corrected chi connectivity index (χ3v) is 14.1. The van der Waals surface area contributed by atoms with Gasteiger partial charge in [-0.3, -0.25) is 19.3 Å². The van der Waals surface area contributed by atoms with E-state index in [1.54, 1.807) is 0 Å². The molecule has 2 saturated carbocycles. The first-order chi connectivity index (χ1) is 30.0. The number of aldehydes is 1. The van der Waals surface area contributed by atoms with Crippen LogP contribution in [-0.4, -0.2) is 70.7 Å². The molecule has 4 fully saturated rings. The monoisotopic (exact) mass is 863 g/mol. The van der Waals surface area contributed by atoms with Crippen molar-refractivity contribution in [2.75, 3.05) is 13.1 Å². The van der Waals surface area contributed by atoms with Crippen LogP contribution in [0.15, 0.2) is 72.8 Å². The largest absolute Gasteiger partial charge is 0.490 e. The van der Waals surface area contributed by atoms with E-state index in [1.165, 1.54) is 42.0 Å². The fraction of sp³-hybridized carbons (Fsp3) is 0.574. The molecule has 2 aliphatic heterocycles. The summed E-state index contributed by atoms with van der Waals surface area (Å²) in [7, 11) is 0. The Morgan fingerprint density at radius 2 is 1.13 bits per heavy atom. The van der Waals surface area contributed by atoms with Gasteiger partial charge in [-0.25, -0.2) is 0 Å². The summed E-state index contributed by atoms with van der Waals surface area (Å²) in [6, 6.07) is 24.1. The van der Waals surface area contributed by atoms with Crippen molar-refractivity contribution in [1.29, 1.82) is 0 Å². The van der Waals surface area contributed by atoms with Crippen LogP contribution in [0.2, 0.25) is 0 Å². The topological polar surface area (TPSA) is 125 Å². The summed E-state index contributed by atoms with van der Waals surface area (Å²) < 4.78 is 12.6. The third-order valence-electron chi connectivity index (χ3n) is 14.1. The molecule has 4 aromatic rings. The molecule has 8 rings (SSSR count). The molecule has 0 spiro atoms. The first kappa shape index (κ1) is 48.0. The average Bonchev–Trinajstić information content (AvgIpc) is 3.27. The fourth-order valence-electron chi connectivity index (χ4n) is 10.1. The Hall–Kier alpha value is -4.47.